The maximum atomic E-state index is 13.5. The summed E-state index contributed by atoms with van der Waals surface area (Å²) < 4.78 is 1.89. The molecule has 1 N–H and O–H groups in total. The molecule has 1 heterocycles. The first-order valence-corrected chi connectivity index (χ1v) is 11.6. The summed E-state index contributed by atoms with van der Waals surface area (Å²) in [4.78, 5) is 32.9. The highest BCUT2D eigenvalue weighted by Gasteiger charge is 2.24. The Hall–Kier alpha value is -3.64. The van der Waals surface area contributed by atoms with Gasteiger partial charge in [0.1, 0.15) is 12.4 Å². The van der Waals surface area contributed by atoms with Gasteiger partial charge in [-0.15, -0.1) is 0 Å². The standard InChI is InChI=1S/C27H27ClN4O2/c1-18(2)32(22-12-5-4-6-13-22)25(33)17-31-24-15-8-7-14-23(24)30-26(31)19(3)29-27(34)20-10-9-11-21(28)16-20/h4-16,18-19H,17H2,1-3H3,(H,29,34). The summed E-state index contributed by atoms with van der Waals surface area (Å²) in [5, 5.41) is 3.49. The van der Waals surface area contributed by atoms with Crippen LogP contribution in [0, 0.1) is 0 Å². The molecule has 0 aliphatic rings. The average Bonchev–Trinajstić information content (AvgIpc) is 3.18. The molecule has 4 aromatic rings. The van der Waals surface area contributed by atoms with Gasteiger partial charge in [-0.1, -0.05) is 48.0 Å². The lowest BCUT2D eigenvalue weighted by atomic mass is 10.2. The Labute approximate surface area is 204 Å². The minimum absolute atomic E-state index is 0.0203. The normalized spacial score (nSPS) is 12.0. The number of carbonyl (C=O) groups is 2. The molecule has 34 heavy (non-hydrogen) atoms. The van der Waals surface area contributed by atoms with Gasteiger partial charge >= 0.3 is 0 Å². The second-order valence-corrected chi connectivity index (χ2v) is 8.88. The number of benzene rings is 3. The van der Waals surface area contributed by atoms with E-state index in [4.69, 9.17) is 16.6 Å². The number of hydrogen-bond donors (Lipinski definition) is 1. The van der Waals surface area contributed by atoms with Gasteiger partial charge < -0.3 is 14.8 Å². The first-order valence-electron chi connectivity index (χ1n) is 11.2. The monoisotopic (exact) mass is 474 g/mol. The van der Waals surface area contributed by atoms with Gasteiger partial charge in [0.05, 0.1) is 17.1 Å². The van der Waals surface area contributed by atoms with Crippen molar-refractivity contribution in [3.05, 3.63) is 95.3 Å². The number of anilines is 1. The van der Waals surface area contributed by atoms with Gasteiger partial charge in [0.2, 0.25) is 5.91 Å². The number of halogens is 1. The van der Waals surface area contributed by atoms with Crippen molar-refractivity contribution in [2.24, 2.45) is 0 Å². The van der Waals surface area contributed by atoms with Gasteiger partial charge in [-0.05, 0) is 63.2 Å². The molecule has 7 heteroatoms. The van der Waals surface area contributed by atoms with E-state index in [1.807, 2.05) is 79.9 Å². The fourth-order valence-corrected chi connectivity index (χ4v) is 4.29. The highest BCUT2D eigenvalue weighted by atomic mass is 35.5. The van der Waals surface area contributed by atoms with Crippen LogP contribution < -0.4 is 10.2 Å². The summed E-state index contributed by atoms with van der Waals surface area (Å²) in [6.07, 6.45) is 0. The summed E-state index contributed by atoms with van der Waals surface area (Å²) in [6.45, 7) is 5.94. The van der Waals surface area contributed by atoms with Crippen molar-refractivity contribution in [1.29, 1.82) is 0 Å². The van der Waals surface area contributed by atoms with Crippen molar-refractivity contribution in [2.45, 2.75) is 39.4 Å². The number of nitrogens with zero attached hydrogens (tertiary/aromatic N) is 3. The van der Waals surface area contributed by atoms with Crippen molar-refractivity contribution < 1.29 is 9.59 Å². The third kappa shape index (κ3) is 4.97. The Morgan fingerprint density at radius 2 is 1.68 bits per heavy atom. The molecule has 4 rings (SSSR count). The van der Waals surface area contributed by atoms with Crippen LogP contribution in [0.4, 0.5) is 5.69 Å². The maximum Gasteiger partial charge on any atom is 0.251 e. The van der Waals surface area contributed by atoms with Gasteiger partial charge in [0.25, 0.3) is 5.91 Å². The number of imidazole rings is 1. The average molecular weight is 475 g/mol. The lowest BCUT2D eigenvalue weighted by Crippen LogP contribution is -2.40. The van der Waals surface area contributed by atoms with E-state index in [2.05, 4.69) is 5.32 Å². The molecule has 1 aromatic heterocycles. The number of amides is 2. The van der Waals surface area contributed by atoms with Crippen LogP contribution in [0.25, 0.3) is 11.0 Å². The van der Waals surface area contributed by atoms with Crippen molar-refractivity contribution in [3.63, 3.8) is 0 Å². The molecule has 174 valence electrons. The van der Waals surface area contributed by atoms with Gasteiger partial charge in [-0.25, -0.2) is 4.98 Å². The van der Waals surface area contributed by atoms with E-state index in [1.165, 1.54) is 0 Å². The van der Waals surface area contributed by atoms with Gasteiger partial charge in [0.15, 0.2) is 0 Å². The number of para-hydroxylation sites is 3. The minimum Gasteiger partial charge on any atom is -0.342 e. The molecule has 0 aliphatic heterocycles. The van der Waals surface area contributed by atoms with Crippen LogP contribution in [-0.4, -0.2) is 27.4 Å². The molecule has 3 aromatic carbocycles. The zero-order chi connectivity index (χ0) is 24.2. The highest BCUT2D eigenvalue weighted by Crippen LogP contribution is 2.24. The molecule has 2 amide bonds. The van der Waals surface area contributed by atoms with E-state index in [0.717, 1.165) is 16.7 Å². The molecule has 0 radical (unpaired) electrons. The fraction of sp³-hybridized carbons (Fsp3) is 0.222. The molecule has 6 nitrogen and oxygen atoms in total. The van der Waals surface area contributed by atoms with E-state index in [0.29, 0.717) is 16.4 Å². The summed E-state index contributed by atoms with van der Waals surface area (Å²) in [7, 11) is 0. The molecule has 1 unspecified atom stereocenters. The number of hydrogen-bond acceptors (Lipinski definition) is 3. The Bertz CT molecular complexity index is 1320. The third-order valence-corrected chi connectivity index (χ3v) is 5.85. The largest absolute Gasteiger partial charge is 0.342 e. The first kappa shape index (κ1) is 23.5. The molecule has 0 fully saturated rings. The van der Waals surface area contributed by atoms with Gasteiger partial charge in [-0.3, -0.25) is 9.59 Å². The lowest BCUT2D eigenvalue weighted by molar-refractivity contribution is -0.119. The minimum atomic E-state index is -0.434. The molecule has 0 spiro atoms. The quantitative estimate of drug-likeness (QED) is 0.378. The maximum absolute atomic E-state index is 13.5. The predicted octanol–water partition coefficient (Wildman–Crippen LogP) is 5.62. The summed E-state index contributed by atoms with van der Waals surface area (Å²) in [6, 6.07) is 23.6. The zero-order valence-electron chi connectivity index (χ0n) is 19.4. The molecular formula is C27H27ClN4O2. The second kappa shape index (κ2) is 10.1. The zero-order valence-corrected chi connectivity index (χ0v) is 20.2. The van der Waals surface area contributed by atoms with Gasteiger partial charge in [0, 0.05) is 22.3 Å². The molecule has 0 saturated heterocycles. The molecule has 0 bridgehead atoms. The SMILES string of the molecule is CC(NC(=O)c1cccc(Cl)c1)c1nc2ccccc2n1CC(=O)N(c1ccccc1)C(C)C. The molecule has 0 saturated carbocycles. The van der Waals surface area contributed by atoms with Crippen LogP contribution in [0.1, 0.15) is 43.0 Å². The lowest BCUT2D eigenvalue weighted by Gasteiger charge is -2.28. The predicted molar refractivity (Wildman–Crippen MR) is 136 cm³/mol. The number of rotatable bonds is 7. The molecule has 0 aliphatic carbocycles. The first-order chi connectivity index (χ1) is 16.3. The van der Waals surface area contributed by atoms with Crippen LogP contribution in [0.3, 0.4) is 0 Å². The third-order valence-electron chi connectivity index (χ3n) is 5.62. The second-order valence-electron chi connectivity index (χ2n) is 8.44. The topological polar surface area (TPSA) is 67.2 Å². The van der Waals surface area contributed by atoms with E-state index in [1.54, 1.807) is 29.2 Å². The number of fused-ring (bicyclic) bond motifs is 1. The van der Waals surface area contributed by atoms with Crippen LogP contribution in [0.2, 0.25) is 5.02 Å². The van der Waals surface area contributed by atoms with Crippen LogP contribution in [0.5, 0.6) is 0 Å². The van der Waals surface area contributed by atoms with Gasteiger partial charge in [-0.2, -0.15) is 0 Å². The highest BCUT2D eigenvalue weighted by molar-refractivity contribution is 6.30. The van der Waals surface area contributed by atoms with E-state index in [-0.39, 0.29) is 24.4 Å². The molecular weight excluding hydrogens is 448 g/mol. The summed E-state index contributed by atoms with van der Waals surface area (Å²) >= 11 is 6.05. The van der Waals surface area contributed by atoms with E-state index < -0.39 is 6.04 Å². The number of aromatic nitrogens is 2. The van der Waals surface area contributed by atoms with E-state index >= 15 is 0 Å². The Morgan fingerprint density at radius 1 is 0.971 bits per heavy atom. The van der Waals surface area contributed by atoms with Crippen LogP contribution >= 0.6 is 11.6 Å². The van der Waals surface area contributed by atoms with Crippen molar-refractivity contribution in [2.75, 3.05) is 4.90 Å². The summed E-state index contributed by atoms with van der Waals surface area (Å²) in [5.41, 5.74) is 2.92. The van der Waals surface area contributed by atoms with Crippen LogP contribution in [0.15, 0.2) is 78.9 Å². The number of nitrogens with one attached hydrogen (secondary N) is 1. The Kier molecular flexibility index (Phi) is 6.98. The Morgan fingerprint density at radius 3 is 2.38 bits per heavy atom. The molecule has 1 atom stereocenters. The fourth-order valence-electron chi connectivity index (χ4n) is 4.10. The van der Waals surface area contributed by atoms with Crippen molar-refractivity contribution in [3.8, 4) is 0 Å². The number of carbonyl (C=O) groups excluding carboxylic acids is 2. The van der Waals surface area contributed by atoms with E-state index in [9.17, 15) is 9.59 Å². The summed E-state index contributed by atoms with van der Waals surface area (Å²) in [5.74, 6) is 0.300. The smallest absolute Gasteiger partial charge is 0.251 e. The van der Waals surface area contributed by atoms with Crippen molar-refractivity contribution >= 4 is 40.1 Å². The van der Waals surface area contributed by atoms with Crippen LogP contribution in [-0.2, 0) is 11.3 Å². The Balaban J connectivity index is 1.66. The van der Waals surface area contributed by atoms with Crippen molar-refractivity contribution in [1.82, 2.24) is 14.9 Å².